The fourth-order valence-electron chi connectivity index (χ4n) is 8.07. The van der Waals surface area contributed by atoms with Gasteiger partial charge in [-0.05, 0) is 91.0 Å². The molecule has 0 atom stereocenters. The first-order chi connectivity index (χ1) is 23.8. The van der Waals surface area contributed by atoms with Crippen molar-refractivity contribution in [2.75, 3.05) is 0 Å². The summed E-state index contributed by atoms with van der Waals surface area (Å²) < 4.78 is 9.31. The smallest absolute Gasteiger partial charge is 0.143 e. The van der Waals surface area contributed by atoms with E-state index in [4.69, 9.17) is 4.42 Å². The number of furan rings is 1. The number of hydrogen-bond donors (Lipinski definition) is 0. The first-order valence-electron chi connectivity index (χ1n) is 16.4. The highest BCUT2D eigenvalue weighted by Gasteiger charge is 2.19. The minimum Gasteiger partial charge on any atom is -0.455 e. The summed E-state index contributed by atoms with van der Waals surface area (Å²) in [5, 5.41) is 14.9. The Morgan fingerprint density at radius 1 is 0.354 bits per heavy atom. The normalized spacial score (nSPS) is 12.2. The molecule has 9 aromatic carbocycles. The highest BCUT2D eigenvalue weighted by molar-refractivity contribution is 7.26. The number of rotatable bonds is 2. The maximum atomic E-state index is 6.67. The summed E-state index contributed by atoms with van der Waals surface area (Å²) in [7, 11) is 0. The molecule has 0 aliphatic carbocycles. The molecule has 222 valence electrons. The third-order valence-corrected chi connectivity index (χ3v) is 11.5. The minimum atomic E-state index is 0.916. The monoisotopic (exact) mass is 626 g/mol. The van der Waals surface area contributed by atoms with Crippen molar-refractivity contribution in [2.24, 2.45) is 0 Å². The van der Waals surface area contributed by atoms with E-state index in [-0.39, 0.29) is 0 Å². The molecule has 0 amide bonds. The lowest BCUT2D eigenvalue weighted by Crippen LogP contribution is -1.91. The molecule has 11 aromatic rings. The molecule has 0 saturated carbocycles. The minimum absolute atomic E-state index is 0.916. The van der Waals surface area contributed by atoms with E-state index in [0.717, 1.165) is 21.9 Å². The molecule has 48 heavy (non-hydrogen) atoms. The standard InChI is InChI=1S/C46H26OS/c1-2-10-28-25-29(18-17-27(28)9-1)43-32-12-3-5-14-34(32)44(35-15-6-4-13-33(35)43)30-19-24-41-40(26-30)37-21-23-39-36(45(37)47-41)20-22-38-31-11-7-8-16-42(31)48-46(38)39/h1-26H. The number of benzene rings is 9. The molecule has 2 heteroatoms. The molecule has 0 saturated heterocycles. The van der Waals surface area contributed by atoms with Crippen LogP contribution in [0.5, 0.6) is 0 Å². The first kappa shape index (κ1) is 26.1. The Balaban J connectivity index is 1.17. The van der Waals surface area contributed by atoms with Crippen LogP contribution >= 0.6 is 11.3 Å². The molecule has 0 bridgehead atoms. The van der Waals surface area contributed by atoms with Crippen LogP contribution in [0.4, 0.5) is 0 Å². The van der Waals surface area contributed by atoms with Gasteiger partial charge in [-0.2, -0.15) is 0 Å². The molecule has 2 aromatic heterocycles. The fourth-order valence-corrected chi connectivity index (χ4v) is 9.30. The van der Waals surface area contributed by atoms with E-state index in [2.05, 4.69) is 158 Å². The molecule has 2 heterocycles. The Morgan fingerprint density at radius 2 is 0.875 bits per heavy atom. The molecule has 0 spiro atoms. The molecule has 11 rings (SSSR count). The van der Waals surface area contributed by atoms with E-state index in [0.29, 0.717) is 0 Å². The van der Waals surface area contributed by atoms with E-state index in [1.807, 2.05) is 11.3 Å². The van der Waals surface area contributed by atoms with Crippen LogP contribution in [-0.2, 0) is 0 Å². The molecule has 0 fully saturated rings. The number of fused-ring (bicyclic) bond motifs is 12. The van der Waals surface area contributed by atoms with Gasteiger partial charge < -0.3 is 4.42 Å². The van der Waals surface area contributed by atoms with Gasteiger partial charge >= 0.3 is 0 Å². The van der Waals surface area contributed by atoms with Gasteiger partial charge in [-0.3, -0.25) is 0 Å². The van der Waals surface area contributed by atoms with Crippen LogP contribution in [0.2, 0.25) is 0 Å². The molecular weight excluding hydrogens is 601 g/mol. The zero-order valence-corrected chi connectivity index (χ0v) is 26.6. The largest absolute Gasteiger partial charge is 0.455 e. The molecular formula is C46H26OS. The van der Waals surface area contributed by atoms with Gasteiger partial charge in [0, 0.05) is 41.7 Å². The highest BCUT2D eigenvalue weighted by atomic mass is 32.1. The summed E-state index contributed by atoms with van der Waals surface area (Å²) in [6.45, 7) is 0. The number of hydrogen-bond acceptors (Lipinski definition) is 2. The van der Waals surface area contributed by atoms with Gasteiger partial charge in [-0.25, -0.2) is 0 Å². The summed E-state index contributed by atoms with van der Waals surface area (Å²) in [5.74, 6) is 0. The zero-order chi connectivity index (χ0) is 31.3. The van der Waals surface area contributed by atoms with Gasteiger partial charge in [0.2, 0.25) is 0 Å². The summed E-state index contributed by atoms with van der Waals surface area (Å²) in [4.78, 5) is 0. The van der Waals surface area contributed by atoms with Gasteiger partial charge in [0.25, 0.3) is 0 Å². The first-order valence-corrected chi connectivity index (χ1v) is 17.2. The predicted molar refractivity (Wildman–Crippen MR) is 208 cm³/mol. The van der Waals surface area contributed by atoms with Crippen LogP contribution in [0.15, 0.2) is 162 Å². The molecule has 0 N–H and O–H groups in total. The molecule has 0 aliphatic rings. The molecule has 0 aliphatic heterocycles. The quantitative estimate of drug-likeness (QED) is 0.174. The number of thiophene rings is 1. The molecule has 0 radical (unpaired) electrons. The lowest BCUT2D eigenvalue weighted by Gasteiger charge is -2.18. The second-order valence-corrected chi connectivity index (χ2v) is 13.8. The lowest BCUT2D eigenvalue weighted by atomic mass is 9.85. The van der Waals surface area contributed by atoms with Crippen molar-refractivity contribution in [3.63, 3.8) is 0 Å². The van der Waals surface area contributed by atoms with Gasteiger partial charge in [-0.15, -0.1) is 11.3 Å². The Bertz CT molecular complexity index is 3060. The summed E-state index contributed by atoms with van der Waals surface area (Å²) in [5.41, 5.74) is 6.85. The van der Waals surface area contributed by atoms with E-state index in [1.54, 1.807) is 0 Å². The van der Waals surface area contributed by atoms with Gasteiger partial charge in [0.05, 0.1) is 0 Å². The van der Waals surface area contributed by atoms with Crippen LogP contribution in [0, 0.1) is 0 Å². The van der Waals surface area contributed by atoms with Gasteiger partial charge in [0.1, 0.15) is 11.2 Å². The van der Waals surface area contributed by atoms with E-state index in [9.17, 15) is 0 Å². The van der Waals surface area contributed by atoms with Crippen LogP contribution in [0.3, 0.4) is 0 Å². The van der Waals surface area contributed by atoms with E-state index >= 15 is 0 Å². The SMILES string of the molecule is c1ccc2cc(-c3c4ccccc4c(-c4ccc5oc6c(ccc7c6ccc6c8ccccc8sc67)c5c4)c4ccccc34)ccc2c1. The van der Waals surface area contributed by atoms with Gasteiger partial charge in [0.15, 0.2) is 0 Å². The predicted octanol–water partition coefficient (Wildman–Crippen LogP) is 13.9. The summed E-state index contributed by atoms with van der Waals surface area (Å²) >= 11 is 1.87. The Labute approximate surface area is 279 Å². The Hall–Kier alpha value is -5.96. The zero-order valence-electron chi connectivity index (χ0n) is 25.8. The fraction of sp³-hybridized carbons (Fsp3) is 0. The van der Waals surface area contributed by atoms with Crippen molar-refractivity contribution in [3.05, 3.63) is 158 Å². The maximum Gasteiger partial charge on any atom is 0.143 e. The van der Waals surface area contributed by atoms with Crippen LogP contribution in [0.25, 0.3) is 107 Å². The van der Waals surface area contributed by atoms with Crippen molar-refractivity contribution in [3.8, 4) is 22.3 Å². The van der Waals surface area contributed by atoms with Crippen molar-refractivity contribution in [1.29, 1.82) is 0 Å². The van der Waals surface area contributed by atoms with Gasteiger partial charge in [-0.1, -0.05) is 121 Å². The highest BCUT2D eigenvalue weighted by Crippen LogP contribution is 2.46. The van der Waals surface area contributed by atoms with E-state index in [1.165, 1.54) is 85.5 Å². The third kappa shape index (κ3) is 3.61. The van der Waals surface area contributed by atoms with Crippen molar-refractivity contribution in [1.82, 2.24) is 0 Å². The second kappa shape index (κ2) is 9.78. The average molecular weight is 627 g/mol. The van der Waals surface area contributed by atoms with Crippen LogP contribution in [-0.4, -0.2) is 0 Å². The van der Waals surface area contributed by atoms with Crippen molar-refractivity contribution >= 4 is 96.5 Å². The van der Waals surface area contributed by atoms with Crippen LogP contribution < -0.4 is 0 Å². The van der Waals surface area contributed by atoms with Crippen molar-refractivity contribution in [2.45, 2.75) is 0 Å². The Morgan fingerprint density at radius 3 is 1.58 bits per heavy atom. The lowest BCUT2D eigenvalue weighted by molar-refractivity contribution is 0.673. The average Bonchev–Trinajstić information content (AvgIpc) is 3.72. The third-order valence-electron chi connectivity index (χ3n) is 10.2. The van der Waals surface area contributed by atoms with Crippen molar-refractivity contribution < 1.29 is 4.42 Å². The topological polar surface area (TPSA) is 13.1 Å². The second-order valence-electron chi connectivity index (χ2n) is 12.8. The molecule has 0 unspecified atom stereocenters. The summed E-state index contributed by atoms with van der Waals surface area (Å²) in [6.07, 6.45) is 0. The summed E-state index contributed by atoms with van der Waals surface area (Å²) in [6, 6.07) is 57.7. The Kier molecular flexibility index (Phi) is 5.32. The molecule has 1 nitrogen and oxygen atoms in total. The maximum absolute atomic E-state index is 6.67. The van der Waals surface area contributed by atoms with Crippen LogP contribution in [0.1, 0.15) is 0 Å². The van der Waals surface area contributed by atoms with E-state index < -0.39 is 0 Å².